The van der Waals surface area contributed by atoms with Crippen LogP contribution in [0.5, 0.6) is 0 Å². The summed E-state index contributed by atoms with van der Waals surface area (Å²) in [6, 6.07) is 0. The van der Waals surface area contributed by atoms with Crippen molar-refractivity contribution < 1.29 is 42.1 Å². The van der Waals surface area contributed by atoms with E-state index in [9.17, 15) is 19.0 Å². The molecule has 0 radical (unpaired) electrons. The maximum Gasteiger partial charge on any atom is 0.472 e. The Bertz CT molecular complexity index is 1490. The van der Waals surface area contributed by atoms with Crippen molar-refractivity contribution in [2.45, 2.75) is 373 Å². The minimum Gasteiger partial charge on any atom is -0.462 e. The predicted octanol–water partition coefficient (Wildman–Crippen LogP) is 23.4. The first-order chi connectivity index (χ1) is 40.5. The van der Waals surface area contributed by atoms with Gasteiger partial charge in [-0.05, 0) is 70.6 Å². The molecule has 0 rings (SSSR count). The molecule has 0 spiro atoms. The van der Waals surface area contributed by atoms with Crippen LogP contribution in [0.3, 0.4) is 0 Å². The zero-order valence-corrected chi connectivity index (χ0v) is 56.9. The van der Waals surface area contributed by atoms with E-state index < -0.39 is 26.5 Å². The molecule has 0 saturated heterocycles. The molecule has 2 unspecified atom stereocenters. The number of hydrogen-bond acceptors (Lipinski definition) is 7. The second-order valence-electron chi connectivity index (χ2n) is 26.0. The van der Waals surface area contributed by atoms with Crippen LogP contribution in [0.1, 0.15) is 367 Å². The molecule has 10 heteroatoms. The Morgan fingerprint density at radius 3 is 0.976 bits per heavy atom. The third kappa shape index (κ3) is 69.2. The molecule has 0 fully saturated rings. The first-order valence-corrected chi connectivity index (χ1v) is 37.7. The summed E-state index contributed by atoms with van der Waals surface area (Å²) in [7, 11) is 1.49. The Morgan fingerprint density at radius 1 is 0.373 bits per heavy atom. The molecule has 0 amide bonds. The molecule has 0 aliphatic carbocycles. The monoisotopic (exact) mass is 1190 g/mol. The molecule has 0 aromatic heterocycles. The Labute approximate surface area is 516 Å². The third-order valence-corrected chi connectivity index (χ3v) is 17.4. The number of hydrogen-bond donors (Lipinski definition) is 1. The first-order valence-electron chi connectivity index (χ1n) is 36.2. The lowest BCUT2D eigenvalue weighted by Crippen LogP contribution is -2.37. The first kappa shape index (κ1) is 81.2. The average Bonchev–Trinajstić information content (AvgIpc) is 3.49. The summed E-state index contributed by atoms with van der Waals surface area (Å²) in [5.74, 6) is -0.789. The van der Waals surface area contributed by atoms with E-state index in [1.807, 2.05) is 21.1 Å². The molecule has 490 valence electrons. The van der Waals surface area contributed by atoms with Crippen LogP contribution in [0, 0.1) is 0 Å². The van der Waals surface area contributed by atoms with Gasteiger partial charge in [-0.15, -0.1) is 0 Å². The number of phosphoric acid groups is 1. The fraction of sp³-hybridized carbons (Fsp3) is 0.890. The Balaban J connectivity index is 3.84. The van der Waals surface area contributed by atoms with E-state index >= 15 is 0 Å². The summed E-state index contributed by atoms with van der Waals surface area (Å²) in [6.45, 7) is 4.46. The van der Waals surface area contributed by atoms with Gasteiger partial charge < -0.3 is 18.9 Å². The highest BCUT2D eigenvalue weighted by Crippen LogP contribution is 2.43. The Kier molecular flexibility index (Phi) is 63.3. The number of quaternary nitrogens is 1. The van der Waals surface area contributed by atoms with E-state index in [-0.39, 0.29) is 25.6 Å². The molecule has 0 bridgehead atoms. The highest BCUT2D eigenvalue weighted by Gasteiger charge is 2.27. The molecule has 0 aromatic carbocycles. The molecular weight excluding hydrogens is 1050 g/mol. The maximum atomic E-state index is 12.8. The van der Waals surface area contributed by atoms with Crippen LogP contribution in [-0.2, 0) is 32.7 Å². The third-order valence-electron chi connectivity index (χ3n) is 16.4. The number of rotatable bonds is 68. The fourth-order valence-corrected chi connectivity index (χ4v) is 11.6. The second kappa shape index (κ2) is 64.7. The highest BCUT2D eigenvalue weighted by atomic mass is 31.2. The summed E-state index contributed by atoms with van der Waals surface area (Å²) in [5, 5.41) is 0. The van der Waals surface area contributed by atoms with Gasteiger partial charge in [-0.2, -0.15) is 0 Å². The number of carbonyl (C=O) groups is 2. The summed E-state index contributed by atoms with van der Waals surface area (Å²) in [4.78, 5) is 35.8. The zero-order valence-electron chi connectivity index (χ0n) is 56.0. The summed E-state index contributed by atoms with van der Waals surface area (Å²) in [5.41, 5.74) is 0. The molecule has 2 atom stereocenters. The number of unbranched alkanes of at least 4 members (excludes halogenated alkanes) is 48. The molecule has 83 heavy (non-hydrogen) atoms. The van der Waals surface area contributed by atoms with Gasteiger partial charge >= 0.3 is 19.8 Å². The standard InChI is InChI=1S/C73H140NO8P/c1-6-8-10-12-14-16-18-20-22-24-26-27-28-29-30-31-32-33-34-35-36-37-38-39-40-41-42-43-44-45-46-47-48-50-51-53-55-57-59-61-63-65-72(75)79-69-71(70-81-83(77,78)80-68-67-74(3,4)5)82-73(76)66-64-62-60-58-56-54-52-49-25-23-21-19-17-15-13-11-9-7-2/h17,19,23-26,71H,6-16,18,20-22,27-70H2,1-5H3/p+1/b19-17-,25-23-,26-24-. The number of nitrogens with zero attached hydrogens (tertiary/aromatic N) is 1. The van der Waals surface area contributed by atoms with Gasteiger partial charge in [0.2, 0.25) is 0 Å². The lowest BCUT2D eigenvalue weighted by molar-refractivity contribution is -0.870. The average molecular weight is 1190 g/mol. The van der Waals surface area contributed by atoms with E-state index in [0.717, 1.165) is 51.4 Å². The molecular formula is C73H141NO8P+. The number of esters is 2. The molecule has 0 saturated carbocycles. The van der Waals surface area contributed by atoms with Crippen LogP contribution in [0.4, 0.5) is 0 Å². The van der Waals surface area contributed by atoms with Crippen LogP contribution >= 0.6 is 7.82 Å². The van der Waals surface area contributed by atoms with Crippen LogP contribution in [0.15, 0.2) is 36.5 Å². The summed E-state index contributed by atoms with van der Waals surface area (Å²) in [6.07, 6.45) is 82.9. The summed E-state index contributed by atoms with van der Waals surface area (Å²) >= 11 is 0. The van der Waals surface area contributed by atoms with Gasteiger partial charge in [0.1, 0.15) is 19.8 Å². The molecule has 0 aromatic rings. The van der Waals surface area contributed by atoms with Crippen molar-refractivity contribution >= 4 is 19.8 Å². The van der Waals surface area contributed by atoms with Gasteiger partial charge in [-0.3, -0.25) is 18.6 Å². The number of allylic oxidation sites excluding steroid dienone is 6. The van der Waals surface area contributed by atoms with E-state index in [1.54, 1.807) is 0 Å². The smallest absolute Gasteiger partial charge is 0.462 e. The van der Waals surface area contributed by atoms with E-state index in [4.69, 9.17) is 18.5 Å². The lowest BCUT2D eigenvalue weighted by atomic mass is 10.0. The van der Waals surface area contributed by atoms with E-state index in [0.29, 0.717) is 23.9 Å². The molecule has 9 nitrogen and oxygen atoms in total. The van der Waals surface area contributed by atoms with Crippen molar-refractivity contribution in [2.75, 3.05) is 47.5 Å². The van der Waals surface area contributed by atoms with Crippen molar-refractivity contribution in [1.29, 1.82) is 0 Å². The van der Waals surface area contributed by atoms with Crippen molar-refractivity contribution in [2.24, 2.45) is 0 Å². The molecule has 0 heterocycles. The highest BCUT2D eigenvalue weighted by molar-refractivity contribution is 7.47. The van der Waals surface area contributed by atoms with Gasteiger partial charge in [-0.1, -0.05) is 320 Å². The fourth-order valence-electron chi connectivity index (χ4n) is 10.8. The van der Waals surface area contributed by atoms with E-state index in [2.05, 4.69) is 50.3 Å². The lowest BCUT2D eigenvalue weighted by Gasteiger charge is -2.24. The Morgan fingerprint density at radius 2 is 0.651 bits per heavy atom. The predicted molar refractivity (Wildman–Crippen MR) is 358 cm³/mol. The van der Waals surface area contributed by atoms with Crippen LogP contribution in [0.25, 0.3) is 0 Å². The quantitative estimate of drug-likeness (QED) is 0.0211. The zero-order chi connectivity index (χ0) is 60.5. The van der Waals surface area contributed by atoms with Crippen molar-refractivity contribution in [3.63, 3.8) is 0 Å². The van der Waals surface area contributed by atoms with Crippen molar-refractivity contribution in [1.82, 2.24) is 0 Å². The number of carbonyl (C=O) groups excluding carboxylic acids is 2. The summed E-state index contributed by atoms with van der Waals surface area (Å²) < 4.78 is 34.7. The number of likely N-dealkylation sites (N-methyl/N-ethyl adjacent to an activating group) is 1. The topological polar surface area (TPSA) is 108 Å². The number of phosphoric ester groups is 1. The van der Waals surface area contributed by atoms with Crippen LogP contribution < -0.4 is 0 Å². The van der Waals surface area contributed by atoms with Gasteiger partial charge in [0.05, 0.1) is 27.7 Å². The van der Waals surface area contributed by atoms with Crippen molar-refractivity contribution in [3.05, 3.63) is 36.5 Å². The second-order valence-corrected chi connectivity index (χ2v) is 27.4. The van der Waals surface area contributed by atoms with Gasteiger partial charge in [-0.25, -0.2) is 4.57 Å². The maximum absolute atomic E-state index is 12.8. The molecule has 1 N–H and O–H groups in total. The van der Waals surface area contributed by atoms with Crippen LogP contribution in [0.2, 0.25) is 0 Å². The van der Waals surface area contributed by atoms with Gasteiger partial charge in [0.15, 0.2) is 6.10 Å². The number of ether oxygens (including phenoxy) is 2. The molecule has 0 aliphatic heterocycles. The van der Waals surface area contributed by atoms with Gasteiger partial charge in [0, 0.05) is 12.8 Å². The van der Waals surface area contributed by atoms with Crippen LogP contribution in [-0.4, -0.2) is 74.9 Å². The largest absolute Gasteiger partial charge is 0.472 e. The normalized spacial score (nSPS) is 13.3. The SMILES string of the molecule is CCCCCC/C=C\C/C=C\CCCCCCCCCC(=O)OC(COC(=O)CCCCCCCCCCCCCCCCCCCCCCCCCCCCCCC/C=C\CCCCCCCCCC)COP(=O)(O)OCC[N+](C)(C)C. The van der Waals surface area contributed by atoms with Crippen molar-refractivity contribution in [3.8, 4) is 0 Å². The molecule has 0 aliphatic rings. The Hall–Kier alpha value is -1.77. The minimum atomic E-state index is -4.39. The minimum absolute atomic E-state index is 0.0319. The van der Waals surface area contributed by atoms with E-state index in [1.165, 1.54) is 283 Å². The van der Waals surface area contributed by atoms with Gasteiger partial charge in [0.25, 0.3) is 0 Å².